The van der Waals surface area contributed by atoms with Crippen LogP contribution in [0, 0.1) is 6.92 Å². The van der Waals surface area contributed by atoms with E-state index in [1.54, 1.807) is 19.2 Å². The summed E-state index contributed by atoms with van der Waals surface area (Å²) in [6, 6.07) is 14.6. The van der Waals surface area contributed by atoms with Crippen LogP contribution in [0.1, 0.15) is 21.5 Å². The van der Waals surface area contributed by atoms with Crippen molar-refractivity contribution in [3.8, 4) is 34.3 Å². The van der Waals surface area contributed by atoms with Gasteiger partial charge in [-0.15, -0.1) is 0 Å². The number of hydrogen-bond donors (Lipinski definition) is 2. The number of carbonyl (C=O) groups excluding carboxylic acids is 1. The first-order valence-corrected chi connectivity index (χ1v) is 10.3. The van der Waals surface area contributed by atoms with Crippen molar-refractivity contribution in [2.75, 3.05) is 34.2 Å². The minimum atomic E-state index is -0.195. The highest BCUT2D eigenvalue weighted by molar-refractivity contribution is 6.20. The van der Waals surface area contributed by atoms with E-state index < -0.39 is 0 Å². The minimum absolute atomic E-state index is 0.195. The Morgan fingerprint density at radius 1 is 0.848 bits per heavy atom. The van der Waals surface area contributed by atoms with Crippen LogP contribution < -0.4 is 24.7 Å². The molecule has 0 radical (unpaired) electrons. The number of carbonyl (C=O) groups is 1. The molecule has 0 atom stereocenters. The molecule has 7 nitrogen and oxygen atoms in total. The van der Waals surface area contributed by atoms with Crippen molar-refractivity contribution < 1.29 is 23.7 Å². The van der Waals surface area contributed by atoms with E-state index in [9.17, 15) is 4.79 Å². The maximum atomic E-state index is 13.9. The number of H-pyrrole nitrogens is 1. The number of hydrogen-bond acceptors (Lipinski definition) is 6. The molecule has 4 aromatic rings. The first kappa shape index (κ1) is 22.1. The number of ketones is 1. The summed E-state index contributed by atoms with van der Waals surface area (Å²) in [6.07, 6.45) is 0. The van der Waals surface area contributed by atoms with Crippen LogP contribution in [0.25, 0.3) is 22.2 Å². The molecule has 0 saturated heterocycles. The number of methoxy groups -OCH3 is 4. The lowest BCUT2D eigenvalue weighted by molar-refractivity contribution is 0.104. The molecule has 0 aliphatic heterocycles. The van der Waals surface area contributed by atoms with Crippen molar-refractivity contribution in [2.24, 2.45) is 0 Å². The van der Waals surface area contributed by atoms with Crippen LogP contribution in [0.2, 0.25) is 0 Å². The maximum absolute atomic E-state index is 13.9. The molecule has 33 heavy (non-hydrogen) atoms. The fourth-order valence-corrected chi connectivity index (χ4v) is 3.91. The van der Waals surface area contributed by atoms with Gasteiger partial charge < -0.3 is 29.7 Å². The molecule has 0 spiro atoms. The Balaban J connectivity index is 1.97. The lowest BCUT2D eigenvalue weighted by Crippen LogP contribution is -2.05. The van der Waals surface area contributed by atoms with E-state index in [-0.39, 0.29) is 5.78 Å². The zero-order valence-electron chi connectivity index (χ0n) is 19.2. The maximum Gasteiger partial charge on any atom is 0.203 e. The van der Waals surface area contributed by atoms with Gasteiger partial charge in [0.25, 0.3) is 0 Å². The third kappa shape index (κ3) is 3.82. The number of aromatic amines is 1. The lowest BCUT2D eigenvalue weighted by Gasteiger charge is -2.14. The van der Waals surface area contributed by atoms with Crippen molar-refractivity contribution in [1.82, 2.24) is 4.98 Å². The second-order valence-electron chi connectivity index (χ2n) is 7.60. The molecule has 0 bridgehead atoms. The summed E-state index contributed by atoms with van der Waals surface area (Å²) in [4.78, 5) is 17.3. The summed E-state index contributed by atoms with van der Waals surface area (Å²) in [7, 11) is 6.16. The van der Waals surface area contributed by atoms with Crippen LogP contribution in [0.4, 0.5) is 5.69 Å². The van der Waals surface area contributed by atoms with Crippen molar-refractivity contribution in [2.45, 2.75) is 6.92 Å². The van der Waals surface area contributed by atoms with E-state index in [4.69, 9.17) is 24.7 Å². The summed E-state index contributed by atoms with van der Waals surface area (Å²) in [5, 5.41) is 0.767. The van der Waals surface area contributed by atoms with Crippen LogP contribution in [0.5, 0.6) is 23.0 Å². The minimum Gasteiger partial charge on any atom is -0.497 e. The molecule has 0 fully saturated rings. The number of benzene rings is 3. The molecule has 0 aliphatic rings. The highest BCUT2D eigenvalue weighted by Crippen LogP contribution is 2.41. The van der Waals surface area contributed by atoms with Gasteiger partial charge in [0.1, 0.15) is 5.75 Å². The fourth-order valence-electron chi connectivity index (χ4n) is 3.91. The molecule has 0 aliphatic carbocycles. The van der Waals surface area contributed by atoms with Crippen LogP contribution in [-0.2, 0) is 0 Å². The second-order valence-corrected chi connectivity index (χ2v) is 7.60. The van der Waals surface area contributed by atoms with E-state index in [2.05, 4.69) is 4.98 Å². The number of anilines is 1. The number of rotatable bonds is 7. The van der Waals surface area contributed by atoms with E-state index in [1.165, 1.54) is 21.3 Å². The number of ether oxygens (including phenoxy) is 4. The first-order valence-electron chi connectivity index (χ1n) is 10.3. The normalized spacial score (nSPS) is 10.8. The Labute approximate surface area is 192 Å². The highest BCUT2D eigenvalue weighted by atomic mass is 16.5. The fraction of sp³-hybridized carbons (Fsp3) is 0.192. The third-order valence-electron chi connectivity index (χ3n) is 5.73. The van der Waals surface area contributed by atoms with Gasteiger partial charge in [0.05, 0.1) is 45.2 Å². The molecule has 170 valence electrons. The van der Waals surface area contributed by atoms with Crippen molar-refractivity contribution in [1.29, 1.82) is 0 Å². The topological polar surface area (TPSA) is 95.8 Å². The number of nitrogens with one attached hydrogen (secondary N) is 1. The number of aryl methyl sites for hydroxylation is 1. The zero-order chi connectivity index (χ0) is 23.7. The van der Waals surface area contributed by atoms with Crippen LogP contribution in [-0.4, -0.2) is 39.2 Å². The van der Waals surface area contributed by atoms with E-state index >= 15 is 0 Å². The van der Waals surface area contributed by atoms with Crippen LogP contribution in [0.15, 0.2) is 48.5 Å². The van der Waals surface area contributed by atoms with Gasteiger partial charge in [0.15, 0.2) is 17.3 Å². The molecule has 3 aromatic carbocycles. The summed E-state index contributed by atoms with van der Waals surface area (Å²) < 4.78 is 21.7. The Kier molecular flexibility index (Phi) is 5.87. The van der Waals surface area contributed by atoms with Crippen LogP contribution in [0.3, 0.4) is 0 Å². The third-order valence-corrected chi connectivity index (χ3v) is 5.73. The quantitative estimate of drug-likeness (QED) is 0.307. The van der Waals surface area contributed by atoms with Gasteiger partial charge in [-0.25, -0.2) is 0 Å². The molecule has 4 rings (SSSR count). The zero-order valence-corrected chi connectivity index (χ0v) is 19.2. The average Bonchev–Trinajstić information content (AvgIpc) is 3.22. The summed E-state index contributed by atoms with van der Waals surface area (Å²) in [5.74, 6) is 1.72. The first-order chi connectivity index (χ1) is 15.9. The molecular formula is C26H26N2O5. The molecule has 0 saturated carbocycles. The molecule has 0 amide bonds. The van der Waals surface area contributed by atoms with Gasteiger partial charge in [-0.1, -0.05) is 12.1 Å². The predicted molar refractivity (Wildman–Crippen MR) is 129 cm³/mol. The molecule has 1 heterocycles. The largest absolute Gasteiger partial charge is 0.497 e. The van der Waals surface area contributed by atoms with Crippen molar-refractivity contribution in [3.63, 3.8) is 0 Å². The smallest absolute Gasteiger partial charge is 0.203 e. The van der Waals surface area contributed by atoms with Gasteiger partial charge in [-0.05, 0) is 42.8 Å². The van der Waals surface area contributed by atoms with Gasteiger partial charge >= 0.3 is 0 Å². The summed E-state index contributed by atoms with van der Waals surface area (Å²) in [6.45, 7) is 1.94. The van der Waals surface area contributed by atoms with Crippen molar-refractivity contribution >= 4 is 22.4 Å². The monoisotopic (exact) mass is 446 g/mol. The average molecular weight is 447 g/mol. The molecule has 0 unspecified atom stereocenters. The SMILES string of the molecule is COc1ccc2c(C(=O)c3cc(OC)c(OC)c(OC)c3)c(-c3ccc(C)c(N)c3)[nH]c2c1. The predicted octanol–water partition coefficient (Wildman–Crippen LogP) is 4.99. The van der Waals surface area contributed by atoms with Crippen LogP contribution >= 0.6 is 0 Å². The van der Waals surface area contributed by atoms with E-state index in [1.807, 2.05) is 43.3 Å². The van der Waals surface area contributed by atoms with Crippen molar-refractivity contribution in [3.05, 3.63) is 65.2 Å². The molecular weight excluding hydrogens is 420 g/mol. The molecule has 1 aromatic heterocycles. The number of nitrogens with two attached hydrogens (primary N) is 1. The van der Waals surface area contributed by atoms with Gasteiger partial charge in [0.2, 0.25) is 5.75 Å². The standard InChI is InChI=1S/C26H26N2O5/c1-14-6-7-15(10-19(14)27)24-23(18-9-8-17(30-2)13-20(18)28-24)25(29)16-11-21(31-3)26(33-5)22(12-16)32-4/h6-13,28H,27H2,1-5H3. The number of aromatic nitrogens is 1. The van der Waals surface area contributed by atoms with E-state index in [0.717, 1.165) is 22.0 Å². The van der Waals surface area contributed by atoms with Gasteiger partial charge in [-0.2, -0.15) is 0 Å². The lowest BCUT2D eigenvalue weighted by atomic mass is 9.96. The Morgan fingerprint density at radius 2 is 1.55 bits per heavy atom. The number of fused-ring (bicyclic) bond motifs is 1. The highest BCUT2D eigenvalue weighted by Gasteiger charge is 2.24. The summed E-state index contributed by atoms with van der Waals surface area (Å²) >= 11 is 0. The van der Waals surface area contributed by atoms with E-state index in [0.29, 0.717) is 45.5 Å². The Morgan fingerprint density at radius 3 is 2.12 bits per heavy atom. The Hall–Kier alpha value is -4.13. The number of nitrogen functional groups attached to an aromatic ring is 1. The molecule has 3 N–H and O–H groups in total. The second kappa shape index (κ2) is 8.78. The van der Waals surface area contributed by atoms with Gasteiger partial charge in [0, 0.05) is 28.3 Å². The molecule has 7 heteroatoms. The summed E-state index contributed by atoms with van der Waals surface area (Å²) in [5.41, 5.74) is 11.0. The Bertz CT molecular complexity index is 1330. The van der Waals surface area contributed by atoms with Gasteiger partial charge in [-0.3, -0.25) is 4.79 Å².